The molecule has 1 spiro atoms. The van der Waals surface area contributed by atoms with Gasteiger partial charge in [0.2, 0.25) is 17.7 Å². The van der Waals surface area contributed by atoms with Crippen molar-refractivity contribution in [3.05, 3.63) is 35.9 Å². The van der Waals surface area contributed by atoms with Gasteiger partial charge in [-0.1, -0.05) is 53.2 Å². The number of nitrogens with zero attached hydrogens (tertiary/aromatic N) is 1. The van der Waals surface area contributed by atoms with Crippen LogP contribution in [-0.2, 0) is 25.7 Å². The molecule has 0 saturated carbocycles. The second-order valence-corrected chi connectivity index (χ2v) is 11.8. The SMILES string of the molecule is CC[C@@H](CO)N1C(=O)[C@@H]2[C@@H](C(=O)NCc3ccccc3)[C@@H]3OC2(CC3Br)C1C(=O)NC(C)(C)C. The number of ether oxygens (including phenoxy) is 1. The minimum absolute atomic E-state index is 0.164. The highest BCUT2D eigenvalue weighted by atomic mass is 79.9. The molecular weight excluding hydrogens is 502 g/mol. The molecule has 3 aliphatic heterocycles. The molecule has 4 rings (SSSR count). The molecule has 1 aromatic rings. The molecule has 186 valence electrons. The summed E-state index contributed by atoms with van der Waals surface area (Å²) in [6.07, 6.45) is 0.416. The van der Waals surface area contributed by atoms with Crippen molar-refractivity contribution in [3.63, 3.8) is 0 Å². The summed E-state index contributed by atoms with van der Waals surface area (Å²) >= 11 is 3.66. The molecule has 7 atom stereocenters. The van der Waals surface area contributed by atoms with Gasteiger partial charge in [-0.3, -0.25) is 14.4 Å². The number of carbonyl (C=O) groups is 3. The topological polar surface area (TPSA) is 108 Å². The van der Waals surface area contributed by atoms with E-state index in [4.69, 9.17) is 4.74 Å². The molecule has 3 N–H and O–H groups in total. The summed E-state index contributed by atoms with van der Waals surface area (Å²) in [5.41, 5.74) is -0.681. The number of alkyl halides is 1. The molecule has 1 aromatic carbocycles. The number of rotatable bonds is 7. The number of likely N-dealkylation sites (tertiary alicyclic amines) is 1. The molecule has 0 aromatic heterocycles. The van der Waals surface area contributed by atoms with Gasteiger partial charge in [0.05, 0.1) is 30.6 Å². The van der Waals surface area contributed by atoms with Gasteiger partial charge in [-0.25, -0.2) is 0 Å². The van der Waals surface area contributed by atoms with Crippen molar-refractivity contribution in [1.29, 1.82) is 0 Å². The molecule has 3 saturated heterocycles. The van der Waals surface area contributed by atoms with Crippen LogP contribution in [0.25, 0.3) is 0 Å². The van der Waals surface area contributed by atoms with Crippen LogP contribution < -0.4 is 10.6 Å². The number of amides is 3. The lowest BCUT2D eigenvalue weighted by Crippen LogP contribution is -2.60. The van der Waals surface area contributed by atoms with Crippen LogP contribution in [0.2, 0.25) is 0 Å². The van der Waals surface area contributed by atoms with Crippen molar-refractivity contribution in [2.24, 2.45) is 11.8 Å². The molecule has 0 aliphatic carbocycles. The predicted molar refractivity (Wildman–Crippen MR) is 130 cm³/mol. The van der Waals surface area contributed by atoms with E-state index in [0.29, 0.717) is 19.4 Å². The molecule has 3 unspecified atom stereocenters. The number of fused-ring (bicyclic) bond motifs is 1. The van der Waals surface area contributed by atoms with Gasteiger partial charge in [0.15, 0.2) is 0 Å². The minimum atomic E-state index is -1.12. The summed E-state index contributed by atoms with van der Waals surface area (Å²) < 4.78 is 6.46. The molecule has 3 fully saturated rings. The molecule has 8 nitrogen and oxygen atoms in total. The minimum Gasteiger partial charge on any atom is -0.394 e. The zero-order chi connectivity index (χ0) is 24.8. The van der Waals surface area contributed by atoms with Crippen LogP contribution in [0.3, 0.4) is 0 Å². The summed E-state index contributed by atoms with van der Waals surface area (Å²) in [5.74, 6) is -2.37. The maximum atomic E-state index is 13.9. The first-order valence-electron chi connectivity index (χ1n) is 11.9. The van der Waals surface area contributed by atoms with Crippen molar-refractivity contribution < 1.29 is 24.2 Å². The summed E-state index contributed by atoms with van der Waals surface area (Å²) in [4.78, 5) is 42.2. The summed E-state index contributed by atoms with van der Waals surface area (Å²) in [6.45, 7) is 7.58. The Labute approximate surface area is 208 Å². The van der Waals surface area contributed by atoms with E-state index < -0.39 is 41.2 Å². The average molecular weight is 536 g/mol. The third-order valence-corrected chi connectivity index (χ3v) is 8.01. The lowest BCUT2D eigenvalue weighted by molar-refractivity contribution is -0.146. The first-order chi connectivity index (χ1) is 16.0. The van der Waals surface area contributed by atoms with Crippen LogP contribution >= 0.6 is 15.9 Å². The number of nitrogens with one attached hydrogen (secondary N) is 2. The predicted octanol–water partition coefficient (Wildman–Crippen LogP) is 1.74. The molecule has 0 radical (unpaired) electrons. The number of benzene rings is 1. The zero-order valence-corrected chi connectivity index (χ0v) is 21.7. The highest BCUT2D eigenvalue weighted by Crippen LogP contribution is 2.60. The van der Waals surface area contributed by atoms with Crippen LogP contribution in [0.15, 0.2) is 30.3 Å². The second-order valence-electron chi connectivity index (χ2n) is 10.6. The average Bonchev–Trinajstić information content (AvgIpc) is 3.36. The molecule has 3 heterocycles. The maximum absolute atomic E-state index is 13.9. The Morgan fingerprint density at radius 1 is 1.26 bits per heavy atom. The van der Waals surface area contributed by atoms with Crippen LogP contribution in [-0.4, -0.2) is 68.5 Å². The lowest BCUT2D eigenvalue weighted by Gasteiger charge is -2.38. The number of aliphatic hydroxyl groups excluding tert-OH is 1. The number of hydrogen-bond donors (Lipinski definition) is 3. The number of carbonyl (C=O) groups excluding carboxylic acids is 3. The van der Waals surface area contributed by atoms with Gasteiger partial charge < -0.3 is 25.4 Å². The second kappa shape index (κ2) is 9.24. The standard InChI is InChI=1S/C25H34BrN3O5/c1-5-15(13-30)29-20(22(32)28-24(2,3)4)25-11-16(26)19(34-25)17(18(25)23(29)33)21(31)27-12-14-9-7-6-8-10-14/h6-10,15-20,30H,5,11-13H2,1-4H3,(H,27,31)(H,28,32)/t15-,16?,17+,18-,19+,20?,25?/m0/s1. The van der Waals surface area contributed by atoms with Crippen molar-refractivity contribution in [3.8, 4) is 0 Å². The van der Waals surface area contributed by atoms with Gasteiger partial charge in [0.1, 0.15) is 11.6 Å². The fourth-order valence-corrected chi connectivity index (χ4v) is 6.76. The van der Waals surface area contributed by atoms with E-state index in [1.807, 2.05) is 58.0 Å². The van der Waals surface area contributed by atoms with E-state index in [-0.39, 0.29) is 29.2 Å². The van der Waals surface area contributed by atoms with Gasteiger partial charge in [0.25, 0.3) is 0 Å². The summed E-state index contributed by atoms with van der Waals surface area (Å²) in [5, 5.41) is 16.0. The van der Waals surface area contributed by atoms with E-state index >= 15 is 0 Å². The fraction of sp³-hybridized carbons (Fsp3) is 0.640. The zero-order valence-electron chi connectivity index (χ0n) is 20.1. The maximum Gasteiger partial charge on any atom is 0.246 e. The smallest absolute Gasteiger partial charge is 0.246 e. The van der Waals surface area contributed by atoms with Crippen LogP contribution in [0.5, 0.6) is 0 Å². The molecular formula is C25H34BrN3O5. The highest BCUT2D eigenvalue weighted by molar-refractivity contribution is 9.09. The van der Waals surface area contributed by atoms with E-state index in [1.165, 1.54) is 4.90 Å². The Bertz CT molecular complexity index is 948. The number of hydrogen-bond acceptors (Lipinski definition) is 5. The molecule has 9 heteroatoms. The third kappa shape index (κ3) is 4.16. The van der Waals surface area contributed by atoms with Gasteiger partial charge >= 0.3 is 0 Å². The van der Waals surface area contributed by atoms with Crippen molar-refractivity contribution in [2.45, 2.75) is 81.2 Å². The first kappa shape index (κ1) is 25.1. The lowest BCUT2D eigenvalue weighted by atomic mass is 9.70. The quantitative estimate of drug-likeness (QED) is 0.461. The van der Waals surface area contributed by atoms with E-state index in [2.05, 4.69) is 26.6 Å². The van der Waals surface area contributed by atoms with E-state index in [9.17, 15) is 19.5 Å². The Morgan fingerprint density at radius 2 is 1.94 bits per heavy atom. The summed E-state index contributed by atoms with van der Waals surface area (Å²) in [7, 11) is 0. The number of aliphatic hydroxyl groups is 1. The Kier molecular flexibility index (Phi) is 6.83. The van der Waals surface area contributed by atoms with Crippen molar-refractivity contribution >= 4 is 33.7 Å². The largest absolute Gasteiger partial charge is 0.394 e. The molecule has 3 amide bonds. The Balaban J connectivity index is 1.68. The Hall–Kier alpha value is -1.97. The monoisotopic (exact) mass is 535 g/mol. The first-order valence-corrected chi connectivity index (χ1v) is 12.8. The van der Waals surface area contributed by atoms with Crippen LogP contribution in [0.1, 0.15) is 46.1 Å². The van der Waals surface area contributed by atoms with Gasteiger partial charge in [-0.15, -0.1) is 0 Å². The molecule has 2 bridgehead atoms. The molecule has 3 aliphatic rings. The van der Waals surface area contributed by atoms with Crippen LogP contribution in [0, 0.1) is 11.8 Å². The highest BCUT2D eigenvalue weighted by Gasteiger charge is 2.77. The fourth-order valence-electron chi connectivity index (χ4n) is 5.81. The third-order valence-electron chi connectivity index (χ3n) is 7.16. The normalized spacial score (nSPS) is 33.1. The number of halogens is 1. The van der Waals surface area contributed by atoms with Gasteiger partial charge in [0, 0.05) is 16.9 Å². The Morgan fingerprint density at radius 3 is 2.53 bits per heavy atom. The van der Waals surface area contributed by atoms with E-state index in [0.717, 1.165) is 5.56 Å². The van der Waals surface area contributed by atoms with Crippen LogP contribution in [0.4, 0.5) is 0 Å². The van der Waals surface area contributed by atoms with Gasteiger partial charge in [-0.05, 0) is 39.2 Å². The van der Waals surface area contributed by atoms with Gasteiger partial charge in [-0.2, -0.15) is 0 Å². The van der Waals surface area contributed by atoms with E-state index in [1.54, 1.807) is 0 Å². The van der Waals surface area contributed by atoms with Crippen molar-refractivity contribution in [1.82, 2.24) is 15.5 Å². The summed E-state index contributed by atoms with van der Waals surface area (Å²) in [6, 6.07) is 8.12. The molecule has 34 heavy (non-hydrogen) atoms. The van der Waals surface area contributed by atoms with Crippen molar-refractivity contribution in [2.75, 3.05) is 6.61 Å².